The summed E-state index contributed by atoms with van der Waals surface area (Å²) in [4.78, 5) is 46.8. The van der Waals surface area contributed by atoms with Crippen molar-refractivity contribution in [3.8, 4) is 0 Å². The Balaban J connectivity index is 1.83. The molecule has 2 saturated heterocycles. The highest BCUT2D eigenvalue weighted by atomic mass is 32.2. The second kappa shape index (κ2) is 9.03. The van der Waals surface area contributed by atoms with Gasteiger partial charge in [-0.1, -0.05) is 37.0 Å². The van der Waals surface area contributed by atoms with Gasteiger partial charge in [0.25, 0.3) is 11.5 Å². The average molecular weight is 472 g/mol. The van der Waals surface area contributed by atoms with Crippen molar-refractivity contribution in [1.82, 2.24) is 14.3 Å². The van der Waals surface area contributed by atoms with E-state index in [1.807, 2.05) is 24.8 Å². The fraction of sp³-hybridized carbons (Fsp3) is 0.409. The smallest absolute Gasteiger partial charge is 0.267 e. The number of nitrogens with two attached hydrogens (primary N) is 1. The summed E-state index contributed by atoms with van der Waals surface area (Å²) in [5.41, 5.74) is 7.03. The first-order chi connectivity index (χ1) is 15.3. The summed E-state index contributed by atoms with van der Waals surface area (Å²) in [6.45, 7) is 5.54. The zero-order valence-corrected chi connectivity index (χ0v) is 19.7. The Morgan fingerprint density at radius 1 is 1.34 bits per heavy atom. The summed E-state index contributed by atoms with van der Waals surface area (Å²) in [7, 11) is 0. The van der Waals surface area contributed by atoms with E-state index in [1.165, 1.54) is 16.2 Å². The molecule has 0 bridgehead atoms. The van der Waals surface area contributed by atoms with E-state index in [4.69, 9.17) is 22.9 Å². The molecule has 0 aliphatic carbocycles. The minimum atomic E-state index is -0.299. The Labute approximate surface area is 195 Å². The number of aromatic nitrogens is 2. The molecule has 2 aromatic heterocycles. The number of rotatable bonds is 5. The van der Waals surface area contributed by atoms with Crippen LogP contribution in [0.25, 0.3) is 11.7 Å². The molecule has 4 heterocycles. The van der Waals surface area contributed by atoms with Gasteiger partial charge in [0.1, 0.15) is 15.8 Å². The molecule has 2 N–H and O–H groups in total. The van der Waals surface area contributed by atoms with Gasteiger partial charge in [0, 0.05) is 31.7 Å². The Bertz CT molecular complexity index is 1200. The first-order valence-corrected chi connectivity index (χ1v) is 11.9. The van der Waals surface area contributed by atoms with Crippen LogP contribution in [0, 0.1) is 12.8 Å². The molecule has 0 unspecified atom stereocenters. The van der Waals surface area contributed by atoms with E-state index >= 15 is 0 Å². The summed E-state index contributed by atoms with van der Waals surface area (Å²) in [5.74, 6) is -0.142. The van der Waals surface area contributed by atoms with Crippen molar-refractivity contribution < 1.29 is 9.59 Å². The number of aryl methyl sites for hydroxylation is 1. The zero-order valence-electron chi connectivity index (χ0n) is 18.0. The third-order valence-electron chi connectivity index (χ3n) is 5.86. The van der Waals surface area contributed by atoms with Crippen molar-refractivity contribution in [2.45, 2.75) is 33.1 Å². The number of carbonyl (C=O) groups excluding carboxylic acids is 2. The lowest BCUT2D eigenvalue weighted by molar-refractivity contribution is -0.123. The minimum absolute atomic E-state index is 0.178. The van der Waals surface area contributed by atoms with Gasteiger partial charge in [-0.3, -0.25) is 23.7 Å². The molecule has 2 amide bonds. The van der Waals surface area contributed by atoms with Gasteiger partial charge in [-0.05, 0) is 43.9 Å². The number of anilines is 1. The second-order valence-electron chi connectivity index (χ2n) is 8.04. The molecule has 0 radical (unpaired) electrons. The van der Waals surface area contributed by atoms with E-state index in [9.17, 15) is 14.4 Å². The monoisotopic (exact) mass is 471 g/mol. The summed E-state index contributed by atoms with van der Waals surface area (Å²) in [6.07, 6.45) is 5.29. The first-order valence-electron chi connectivity index (χ1n) is 10.6. The van der Waals surface area contributed by atoms with Gasteiger partial charge in [-0.2, -0.15) is 0 Å². The molecule has 32 heavy (non-hydrogen) atoms. The highest BCUT2D eigenvalue weighted by molar-refractivity contribution is 8.26. The van der Waals surface area contributed by atoms with E-state index < -0.39 is 0 Å². The number of piperidine rings is 1. The van der Waals surface area contributed by atoms with E-state index in [-0.39, 0.29) is 23.3 Å². The van der Waals surface area contributed by atoms with E-state index in [1.54, 1.807) is 23.2 Å². The summed E-state index contributed by atoms with van der Waals surface area (Å²) in [5, 5.41) is 0. The molecular formula is C22H25N5O3S2. The Morgan fingerprint density at radius 2 is 2.06 bits per heavy atom. The number of hydrogen-bond acceptors (Lipinski definition) is 7. The number of nitrogens with zero attached hydrogens (tertiary/aromatic N) is 4. The Kier molecular flexibility index (Phi) is 6.34. The number of primary amides is 1. The van der Waals surface area contributed by atoms with Gasteiger partial charge in [-0.25, -0.2) is 4.98 Å². The maximum atomic E-state index is 13.5. The van der Waals surface area contributed by atoms with Crippen LogP contribution >= 0.6 is 24.0 Å². The maximum absolute atomic E-state index is 13.5. The van der Waals surface area contributed by atoms with E-state index in [2.05, 4.69) is 0 Å². The molecule has 0 spiro atoms. The van der Waals surface area contributed by atoms with Crippen LogP contribution in [0.4, 0.5) is 5.82 Å². The number of thiocarbonyl (C=S) groups is 1. The van der Waals surface area contributed by atoms with Crippen molar-refractivity contribution >= 4 is 57.7 Å². The minimum Gasteiger partial charge on any atom is -0.369 e. The Hall–Kier alpha value is -2.72. The van der Waals surface area contributed by atoms with Crippen LogP contribution in [-0.2, 0) is 9.59 Å². The maximum Gasteiger partial charge on any atom is 0.267 e. The molecule has 168 valence electrons. The van der Waals surface area contributed by atoms with E-state index in [0.29, 0.717) is 58.7 Å². The molecule has 2 fully saturated rings. The second-order valence-corrected chi connectivity index (χ2v) is 9.71. The lowest BCUT2D eigenvalue weighted by Gasteiger charge is -2.32. The van der Waals surface area contributed by atoms with Crippen molar-refractivity contribution in [3.05, 3.63) is 44.7 Å². The summed E-state index contributed by atoms with van der Waals surface area (Å²) < 4.78 is 2.00. The number of hydrogen-bond donors (Lipinski definition) is 1. The molecule has 10 heteroatoms. The van der Waals surface area contributed by atoms with Crippen molar-refractivity contribution in [2.24, 2.45) is 11.7 Å². The topological polar surface area (TPSA) is 101 Å². The highest BCUT2D eigenvalue weighted by Gasteiger charge is 2.33. The molecular weight excluding hydrogens is 446 g/mol. The summed E-state index contributed by atoms with van der Waals surface area (Å²) >= 11 is 6.58. The fourth-order valence-electron chi connectivity index (χ4n) is 4.09. The molecule has 0 atom stereocenters. The molecule has 8 nitrogen and oxygen atoms in total. The molecule has 2 aromatic rings. The lowest BCUT2D eigenvalue weighted by Crippen LogP contribution is -2.40. The lowest BCUT2D eigenvalue weighted by atomic mass is 9.96. The quantitative estimate of drug-likeness (QED) is 0.527. The van der Waals surface area contributed by atoms with Gasteiger partial charge < -0.3 is 10.6 Å². The van der Waals surface area contributed by atoms with Gasteiger partial charge in [0.2, 0.25) is 5.91 Å². The standard InChI is InChI=1S/C22H25N5O3S2/c1-3-8-27-21(30)16(32-22(27)31)12-15-19(25-10-6-14(7-11-25)17(23)28)24-18-13(2)5-4-9-26(18)20(15)29/h4-5,9,12,14H,3,6-8,10-11H2,1-2H3,(H2,23,28). The van der Waals surface area contributed by atoms with Crippen LogP contribution in [0.3, 0.4) is 0 Å². The van der Waals surface area contributed by atoms with Gasteiger partial charge >= 0.3 is 0 Å². The Morgan fingerprint density at radius 3 is 2.72 bits per heavy atom. The predicted molar refractivity (Wildman–Crippen MR) is 131 cm³/mol. The zero-order chi connectivity index (χ0) is 23.0. The van der Waals surface area contributed by atoms with Crippen LogP contribution < -0.4 is 16.2 Å². The third-order valence-corrected chi connectivity index (χ3v) is 7.24. The van der Waals surface area contributed by atoms with Crippen LogP contribution in [0.2, 0.25) is 0 Å². The molecule has 4 rings (SSSR count). The summed E-state index contributed by atoms with van der Waals surface area (Å²) in [6, 6.07) is 3.70. The predicted octanol–water partition coefficient (Wildman–Crippen LogP) is 2.32. The first kappa shape index (κ1) is 22.5. The van der Waals surface area contributed by atoms with Crippen molar-refractivity contribution in [1.29, 1.82) is 0 Å². The van der Waals surface area contributed by atoms with Gasteiger partial charge in [0.15, 0.2) is 0 Å². The van der Waals surface area contributed by atoms with Crippen LogP contribution in [0.15, 0.2) is 28.0 Å². The SMILES string of the molecule is CCCN1C(=O)C(=Cc2c(N3CCC(C(N)=O)CC3)nc3c(C)cccn3c2=O)SC1=S. The average Bonchev–Trinajstić information content (AvgIpc) is 3.04. The number of carbonyl (C=O) groups is 2. The van der Waals surface area contributed by atoms with Crippen molar-refractivity contribution in [2.75, 3.05) is 24.5 Å². The fourth-order valence-corrected chi connectivity index (χ4v) is 5.38. The number of thioether (sulfide) groups is 1. The van der Waals surface area contributed by atoms with Crippen LogP contribution in [0.5, 0.6) is 0 Å². The third kappa shape index (κ3) is 4.04. The van der Waals surface area contributed by atoms with Crippen LogP contribution in [-0.4, -0.2) is 50.1 Å². The highest BCUT2D eigenvalue weighted by Crippen LogP contribution is 2.34. The largest absolute Gasteiger partial charge is 0.369 e. The van der Waals surface area contributed by atoms with E-state index in [0.717, 1.165) is 12.0 Å². The number of fused-ring (bicyclic) bond motifs is 1. The molecule has 0 saturated carbocycles. The number of amides is 2. The number of pyridine rings is 1. The van der Waals surface area contributed by atoms with Gasteiger partial charge in [-0.15, -0.1) is 0 Å². The molecule has 0 aromatic carbocycles. The molecule has 2 aliphatic heterocycles. The van der Waals surface area contributed by atoms with Gasteiger partial charge in [0.05, 0.1) is 10.5 Å². The molecule has 2 aliphatic rings. The van der Waals surface area contributed by atoms with Crippen LogP contribution in [0.1, 0.15) is 37.3 Å². The van der Waals surface area contributed by atoms with Crippen molar-refractivity contribution in [3.63, 3.8) is 0 Å². The normalized spacial score (nSPS) is 18.9.